The molecule has 0 bridgehead atoms. The van der Waals surface area contributed by atoms with E-state index in [1.54, 1.807) is 0 Å². The van der Waals surface area contributed by atoms with E-state index < -0.39 is 5.97 Å². The second-order valence-electron chi connectivity index (χ2n) is 7.98. The standard InChI is InChI=1S/C23H33NO3/c1-2-17-6-10-21(11-7-17)27-22-12-8-18(9-13-22)19-14-15-24-20(16-19)4-3-5-23(25)26/h8-9,12-13,16-17,20-21,24H,2-7,10-11,14-15H2,1H3,(H,25,26). The van der Waals surface area contributed by atoms with Crippen LogP contribution in [0.4, 0.5) is 0 Å². The molecule has 1 heterocycles. The Balaban J connectivity index is 1.53. The molecule has 1 aliphatic heterocycles. The summed E-state index contributed by atoms with van der Waals surface area (Å²) in [4.78, 5) is 10.7. The molecule has 3 rings (SSSR count). The number of benzene rings is 1. The third-order valence-corrected chi connectivity index (χ3v) is 6.01. The molecule has 1 aromatic carbocycles. The number of ether oxygens (including phenoxy) is 1. The van der Waals surface area contributed by atoms with Crippen LogP contribution in [0.2, 0.25) is 0 Å². The fourth-order valence-electron chi connectivity index (χ4n) is 4.27. The molecule has 1 saturated carbocycles. The van der Waals surface area contributed by atoms with E-state index in [4.69, 9.17) is 9.84 Å². The second-order valence-corrected chi connectivity index (χ2v) is 7.98. The highest BCUT2D eigenvalue weighted by Gasteiger charge is 2.21. The molecule has 27 heavy (non-hydrogen) atoms. The van der Waals surface area contributed by atoms with Crippen molar-refractivity contribution in [3.63, 3.8) is 0 Å². The topological polar surface area (TPSA) is 58.6 Å². The molecule has 148 valence electrons. The highest BCUT2D eigenvalue weighted by atomic mass is 16.5. The van der Waals surface area contributed by atoms with Crippen LogP contribution in [0.5, 0.6) is 5.75 Å². The van der Waals surface area contributed by atoms with Crippen LogP contribution >= 0.6 is 0 Å². The number of carbonyl (C=O) groups is 1. The van der Waals surface area contributed by atoms with Crippen LogP contribution in [-0.2, 0) is 4.79 Å². The van der Waals surface area contributed by atoms with Gasteiger partial charge in [-0.25, -0.2) is 0 Å². The van der Waals surface area contributed by atoms with Crippen molar-refractivity contribution in [1.82, 2.24) is 5.32 Å². The second kappa shape index (κ2) is 9.93. The van der Waals surface area contributed by atoms with Crippen molar-refractivity contribution in [3.8, 4) is 5.75 Å². The summed E-state index contributed by atoms with van der Waals surface area (Å²) in [7, 11) is 0. The van der Waals surface area contributed by atoms with Gasteiger partial charge in [0, 0.05) is 12.5 Å². The minimum Gasteiger partial charge on any atom is -0.490 e. The van der Waals surface area contributed by atoms with E-state index in [-0.39, 0.29) is 12.5 Å². The van der Waals surface area contributed by atoms with Crippen LogP contribution in [0.25, 0.3) is 5.57 Å². The van der Waals surface area contributed by atoms with Gasteiger partial charge in [-0.3, -0.25) is 4.79 Å². The molecule has 0 spiro atoms. The molecule has 2 aliphatic rings. The Morgan fingerprint density at radius 3 is 2.59 bits per heavy atom. The van der Waals surface area contributed by atoms with Crippen molar-refractivity contribution in [2.75, 3.05) is 6.54 Å². The summed E-state index contributed by atoms with van der Waals surface area (Å²) in [6.45, 7) is 3.24. The summed E-state index contributed by atoms with van der Waals surface area (Å²) in [5, 5.41) is 12.3. The minimum absolute atomic E-state index is 0.244. The quantitative estimate of drug-likeness (QED) is 0.672. The predicted octanol–water partition coefficient (Wildman–Crippen LogP) is 5.03. The Labute approximate surface area is 163 Å². The molecule has 4 heteroatoms. The molecule has 2 N–H and O–H groups in total. The molecular weight excluding hydrogens is 338 g/mol. The van der Waals surface area contributed by atoms with Crippen molar-refractivity contribution in [2.24, 2.45) is 5.92 Å². The number of aliphatic carboxylic acids is 1. The molecular formula is C23H33NO3. The van der Waals surface area contributed by atoms with Crippen LogP contribution in [0.3, 0.4) is 0 Å². The third kappa shape index (κ3) is 6.10. The van der Waals surface area contributed by atoms with E-state index in [1.165, 1.54) is 43.2 Å². The first kappa shape index (κ1) is 19.9. The summed E-state index contributed by atoms with van der Waals surface area (Å²) >= 11 is 0. The summed E-state index contributed by atoms with van der Waals surface area (Å²) in [5.74, 6) is 1.16. The van der Waals surface area contributed by atoms with Gasteiger partial charge in [0.2, 0.25) is 0 Å². The molecule has 1 atom stereocenters. The highest BCUT2D eigenvalue weighted by molar-refractivity contribution is 5.68. The SMILES string of the molecule is CCC1CCC(Oc2ccc(C3=CC(CCCC(=O)O)NCC3)cc2)CC1. The lowest BCUT2D eigenvalue weighted by atomic mass is 9.86. The van der Waals surface area contributed by atoms with Gasteiger partial charge in [0.15, 0.2) is 0 Å². The van der Waals surface area contributed by atoms with Gasteiger partial charge in [-0.2, -0.15) is 0 Å². The minimum atomic E-state index is -0.714. The fraction of sp³-hybridized carbons (Fsp3) is 0.609. The van der Waals surface area contributed by atoms with Gasteiger partial charge >= 0.3 is 5.97 Å². The Bertz CT molecular complexity index is 630. The van der Waals surface area contributed by atoms with Crippen LogP contribution in [0, 0.1) is 5.92 Å². The Hall–Kier alpha value is -1.81. The first-order valence-corrected chi connectivity index (χ1v) is 10.6. The maximum absolute atomic E-state index is 10.7. The van der Waals surface area contributed by atoms with E-state index in [0.717, 1.165) is 31.1 Å². The van der Waals surface area contributed by atoms with E-state index >= 15 is 0 Å². The van der Waals surface area contributed by atoms with E-state index in [1.807, 2.05) is 0 Å². The average Bonchev–Trinajstić information content (AvgIpc) is 2.69. The monoisotopic (exact) mass is 371 g/mol. The molecule has 1 aromatic rings. The summed E-state index contributed by atoms with van der Waals surface area (Å²) in [6, 6.07) is 8.81. The molecule has 4 nitrogen and oxygen atoms in total. The normalized spacial score (nSPS) is 25.7. The molecule has 0 aromatic heterocycles. The summed E-state index contributed by atoms with van der Waals surface area (Å²) in [6.07, 6.45) is 11.7. The number of hydrogen-bond acceptors (Lipinski definition) is 3. The van der Waals surface area contributed by atoms with Gasteiger partial charge in [0.25, 0.3) is 0 Å². The van der Waals surface area contributed by atoms with Gasteiger partial charge in [0.1, 0.15) is 5.75 Å². The Kier molecular flexibility index (Phi) is 7.33. The van der Waals surface area contributed by atoms with E-state index in [9.17, 15) is 4.79 Å². The van der Waals surface area contributed by atoms with E-state index in [2.05, 4.69) is 42.6 Å². The number of rotatable bonds is 8. The van der Waals surface area contributed by atoms with Gasteiger partial charge in [-0.15, -0.1) is 0 Å². The van der Waals surface area contributed by atoms with Gasteiger partial charge in [0.05, 0.1) is 6.10 Å². The molecule has 0 amide bonds. The Morgan fingerprint density at radius 2 is 1.93 bits per heavy atom. The number of nitrogens with one attached hydrogen (secondary N) is 1. The lowest BCUT2D eigenvalue weighted by Gasteiger charge is -2.28. The zero-order valence-corrected chi connectivity index (χ0v) is 16.5. The fourth-order valence-corrected chi connectivity index (χ4v) is 4.27. The predicted molar refractivity (Wildman–Crippen MR) is 109 cm³/mol. The molecule has 1 unspecified atom stereocenters. The zero-order valence-electron chi connectivity index (χ0n) is 16.5. The van der Waals surface area contributed by atoms with E-state index in [0.29, 0.717) is 12.5 Å². The number of hydrogen-bond donors (Lipinski definition) is 2. The molecule has 0 saturated heterocycles. The molecule has 0 radical (unpaired) electrons. The largest absolute Gasteiger partial charge is 0.490 e. The maximum Gasteiger partial charge on any atom is 0.303 e. The first-order valence-electron chi connectivity index (χ1n) is 10.6. The first-order chi connectivity index (χ1) is 13.1. The van der Waals surface area contributed by atoms with Crippen molar-refractivity contribution in [3.05, 3.63) is 35.9 Å². The van der Waals surface area contributed by atoms with Gasteiger partial charge < -0.3 is 15.2 Å². The molecule has 1 aliphatic carbocycles. The highest BCUT2D eigenvalue weighted by Crippen LogP contribution is 2.30. The number of carboxylic acid groups (broad SMARTS) is 1. The summed E-state index contributed by atoms with van der Waals surface area (Å²) < 4.78 is 6.20. The van der Waals surface area contributed by atoms with Gasteiger partial charge in [-0.05, 0) is 80.7 Å². The van der Waals surface area contributed by atoms with Crippen LogP contribution < -0.4 is 10.1 Å². The van der Waals surface area contributed by atoms with Crippen LogP contribution in [0.15, 0.2) is 30.3 Å². The maximum atomic E-state index is 10.7. The van der Waals surface area contributed by atoms with Crippen molar-refractivity contribution >= 4 is 11.5 Å². The van der Waals surface area contributed by atoms with Crippen molar-refractivity contribution < 1.29 is 14.6 Å². The average molecular weight is 372 g/mol. The Morgan fingerprint density at radius 1 is 1.19 bits per heavy atom. The van der Waals surface area contributed by atoms with Crippen LogP contribution in [-0.4, -0.2) is 29.8 Å². The van der Waals surface area contributed by atoms with Gasteiger partial charge in [-0.1, -0.05) is 31.6 Å². The van der Waals surface area contributed by atoms with Crippen LogP contribution in [0.1, 0.15) is 70.3 Å². The smallest absolute Gasteiger partial charge is 0.303 e. The lowest BCUT2D eigenvalue weighted by Crippen LogP contribution is -2.32. The molecule has 1 fully saturated rings. The van der Waals surface area contributed by atoms with Crippen molar-refractivity contribution in [2.45, 2.75) is 76.9 Å². The lowest BCUT2D eigenvalue weighted by molar-refractivity contribution is -0.137. The number of carboxylic acids is 1. The summed E-state index contributed by atoms with van der Waals surface area (Å²) in [5.41, 5.74) is 2.60. The van der Waals surface area contributed by atoms with Crippen molar-refractivity contribution in [1.29, 1.82) is 0 Å². The third-order valence-electron chi connectivity index (χ3n) is 6.01. The zero-order chi connectivity index (χ0) is 19.1.